The molecule has 1 fully saturated rings. The van der Waals surface area contributed by atoms with E-state index < -0.39 is 0 Å². The van der Waals surface area contributed by atoms with Gasteiger partial charge in [0.15, 0.2) is 0 Å². The van der Waals surface area contributed by atoms with Gasteiger partial charge in [-0.25, -0.2) is 0 Å². The van der Waals surface area contributed by atoms with Gasteiger partial charge < -0.3 is 10.2 Å². The van der Waals surface area contributed by atoms with Crippen molar-refractivity contribution in [3.63, 3.8) is 0 Å². The minimum atomic E-state index is -0.166. The third-order valence-electron chi connectivity index (χ3n) is 9.44. The Labute approximate surface area is 253 Å². The number of rotatable bonds is 4. The van der Waals surface area contributed by atoms with Gasteiger partial charge in [0, 0.05) is 5.41 Å². The summed E-state index contributed by atoms with van der Waals surface area (Å²) >= 11 is 0. The summed E-state index contributed by atoms with van der Waals surface area (Å²) in [6.07, 6.45) is 5.80. The third-order valence-corrected chi connectivity index (χ3v) is 9.44. The number of phenolic OH excluding ortho intramolecular Hbond substituents is 2. The molecule has 0 saturated heterocycles. The third kappa shape index (κ3) is 5.37. The highest BCUT2D eigenvalue weighted by Crippen LogP contribution is 2.53. The van der Waals surface area contributed by atoms with Crippen LogP contribution in [-0.2, 0) is 16.2 Å². The van der Waals surface area contributed by atoms with Crippen LogP contribution in [0.4, 0.5) is 0 Å². The quantitative estimate of drug-likeness (QED) is 0.261. The Morgan fingerprint density at radius 3 is 1.33 bits per heavy atom. The zero-order chi connectivity index (χ0) is 30.4. The van der Waals surface area contributed by atoms with Crippen LogP contribution in [-0.4, -0.2) is 10.2 Å². The van der Waals surface area contributed by atoms with Crippen molar-refractivity contribution in [2.24, 2.45) is 0 Å². The number of hydrogen-bond donors (Lipinski definition) is 2. The summed E-state index contributed by atoms with van der Waals surface area (Å²) in [6, 6.07) is 25.6. The van der Waals surface area contributed by atoms with Crippen molar-refractivity contribution in [3.8, 4) is 33.8 Å². The number of aromatic hydroxyl groups is 2. The lowest BCUT2D eigenvalue weighted by atomic mass is 9.61. The molecule has 0 heterocycles. The van der Waals surface area contributed by atoms with Gasteiger partial charge in [0.25, 0.3) is 0 Å². The van der Waals surface area contributed by atoms with Crippen molar-refractivity contribution >= 4 is 0 Å². The fourth-order valence-electron chi connectivity index (χ4n) is 7.43. The second-order valence-electron chi connectivity index (χ2n) is 14.6. The molecule has 42 heavy (non-hydrogen) atoms. The normalized spacial score (nSPS) is 15.5. The summed E-state index contributed by atoms with van der Waals surface area (Å²) in [5.41, 5.74) is 12.3. The van der Waals surface area contributed by atoms with Crippen molar-refractivity contribution in [1.82, 2.24) is 0 Å². The van der Waals surface area contributed by atoms with Crippen molar-refractivity contribution < 1.29 is 10.2 Å². The molecule has 1 aliphatic rings. The summed E-state index contributed by atoms with van der Waals surface area (Å²) in [5, 5.41) is 21.1. The van der Waals surface area contributed by atoms with Crippen LogP contribution in [0.1, 0.15) is 107 Å². The van der Waals surface area contributed by atoms with Crippen molar-refractivity contribution in [3.05, 3.63) is 106 Å². The van der Waals surface area contributed by atoms with Gasteiger partial charge in [0.05, 0.1) is 0 Å². The maximum absolute atomic E-state index is 10.6. The second kappa shape index (κ2) is 11.0. The molecule has 1 aliphatic carbocycles. The molecule has 0 atom stereocenters. The molecule has 1 saturated carbocycles. The minimum Gasteiger partial charge on any atom is -0.508 e. The maximum atomic E-state index is 10.6. The molecular formula is C40H48O2. The summed E-state index contributed by atoms with van der Waals surface area (Å²) in [5.74, 6) is 0.628. The molecule has 0 radical (unpaired) electrons. The van der Waals surface area contributed by atoms with Crippen LogP contribution in [0.5, 0.6) is 11.5 Å². The summed E-state index contributed by atoms with van der Waals surface area (Å²) < 4.78 is 0. The van der Waals surface area contributed by atoms with Crippen LogP contribution in [0.3, 0.4) is 0 Å². The van der Waals surface area contributed by atoms with E-state index in [1.807, 2.05) is 24.3 Å². The first-order chi connectivity index (χ1) is 19.7. The van der Waals surface area contributed by atoms with Gasteiger partial charge >= 0.3 is 0 Å². The first kappa shape index (κ1) is 30.0. The average molecular weight is 561 g/mol. The Morgan fingerprint density at radius 2 is 0.952 bits per heavy atom. The highest BCUT2D eigenvalue weighted by Gasteiger charge is 2.41. The van der Waals surface area contributed by atoms with Crippen molar-refractivity contribution in [2.75, 3.05) is 0 Å². The maximum Gasteiger partial charge on any atom is 0.115 e. The second-order valence-corrected chi connectivity index (χ2v) is 14.6. The highest BCUT2D eigenvalue weighted by atomic mass is 16.3. The molecule has 0 aromatic heterocycles. The highest BCUT2D eigenvalue weighted by molar-refractivity contribution is 5.82. The molecule has 4 aromatic carbocycles. The SMILES string of the molecule is Cc1cccc(C2(c3cccc(C)c3-c3ccc(O)cc3C(C)(C)C)CCCCC2)c1-c1ccc(O)cc1C(C)(C)C. The first-order valence-corrected chi connectivity index (χ1v) is 15.6. The molecule has 2 N–H and O–H groups in total. The largest absolute Gasteiger partial charge is 0.508 e. The molecule has 0 bridgehead atoms. The first-order valence-electron chi connectivity index (χ1n) is 15.6. The summed E-state index contributed by atoms with van der Waals surface area (Å²) in [4.78, 5) is 0. The van der Waals surface area contributed by atoms with E-state index in [9.17, 15) is 10.2 Å². The van der Waals surface area contributed by atoms with Gasteiger partial charge in [0.2, 0.25) is 0 Å². The fourth-order valence-corrected chi connectivity index (χ4v) is 7.43. The Kier molecular flexibility index (Phi) is 7.81. The predicted octanol–water partition coefficient (Wildman–Crippen LogP) is 10.9. The van der Waals surface area contributed by atoms with Gasteiger partial charge in [0.1, 0.15) is 11.5 Å². The predicted molar refractivity (Wildman–Crippen MR) is 178 cm³/mol. The minimum absolute atomic E-state index is 0.129. The zero-order valence-electron chi connectivity index (χ0n) is 26.9. The van der Waals surface area contributed by atoms with Gasteiger partial charge in [-0.15, -0.1) is 0 Å². The average Bonchev–Trinajstić information content (AvgIpc) is 2.92. The molecule has 5 rings (SSSR count). The molecule has 2 nitrogen and oxygen atoms in total. The van der Waals surface area contributed by atoms with E-state index in [4.69, 9.17) is 0 Å². The van der Waals surface area contributed by atoms with Gasteiger partial charge in [-0.2, -0.15) is 0 Å². The van der Waals surface area contributed by atoms with Crippen LogP contribution >= 0.6 is 0 Å². The van der Waals surface area contributed by atoms with Gasteiger partial charge in [-0.05, 0) is 117 Å². The van der Waals surface area contributed by atoms with Crippen molar-refractivity contribution in [2.45, 2.75) is 104 Å². The Hall–Kier alpha value is -3.52. The van der Waals surface area contributed by atoms with E-state index in [1.165, 1.54) is 74.9 Å². The van der Waals surface area contributed by atoms with E-state index in [2.05, 4.69) is 104 Å². The summed E-state index contributed by atoms with van der Waals surface area (Å²) in [7, 11) is 0. The molecule has 4 aromatic rings. The number of phenols is 2. The number of hydrogen-bond acceptors (Lipinski definition) is 2. The topological polar surface area (TPSA) is 40.5 Å². The van der Waals surface area contributed by atoms with E-state index in [0.717, 1.165) is 12.8 Å². The van der Waals surface area contributed by atoms with E-state index in [0.29, 0.717) is 11.5 Å². The van der Waals surface area contributed by atoms with Crippen molar-refractivity contribution in [1.29, 1.82) is 0 Å². The van der Waals surface area contributed by atoms with Gasteiger partial charge in [-0.3, -0.25) is 0 Å². The smallest absolute Gasteiger partial charge is 0.115 e. The lowest BCUT2D eigenvalue weighted by Gasteiger charge is -2.42. The van der Waals surface area contributed by atoms with Crippen LogP contribution in [0.15, 0.2) is 72.8 Å². The van der Waals surface area contributed by atoms with Crippen LogP contribution < -0.4 is 0 Å². The van der Waals surface area contributed by atoms with Gasteiger partial charge in [-0.1, -0.05) is 109 Å². The molecule has 220 valence electrons. The molecule has 0 unspecified atom stereocenters. The molecule has 0 spiro atoms. The van der Waals surface area contributed by atoms with Crippen LogP contribution in [0.25, 0.3) is 22.3 Å². The lowest BCUT2D eigenvalue weighted by molar-refractivity contribution is 0.347. The monoisotopic (exact) mass is 560 g/mol. The van der Waals surface area contributed by atoms with E-state index in [1.54, 1.807) is 0 Å². The molecular weight excluding hydrogens is 512 g/mol. The molecule has 0 amide bonds. The number of benzene rings is 4. The molecule has 2 heteroatoms. The fraction of sp³-hybridized carbons (Fsp3) is 0.400. The van der Waals surface area contributed by atoms with Crippen LogP contribution in [0.2, 0.25) is 0 Å². The number of aryl methyl sites for hydroxylation is 2. The summed E-state index contributed by atoms with van der Waals surface area (Å²) in [6.45, 7) is 17.9. The zero-order valence-corrected chi connectivity index (χ0v) is 26.9. The van der Waals surface area contributed by atoms with E-state index in [-0.39, 0.29) is 16.2 Å². The van der Waals surface area contributed by atoms with Crippen LogP contribution in [0, 0.1) is 13.8 Å². The lowest BCUT2D eigenvalue weighted by Crippen LogP contribution is -2.32. The molecule has 0 aliphatic heterocycles. The Balaban J connectivity index is 1.88. The van der Waals surface area contributed by atoms with E-state index >= 15 is 0 Å². The Morgan fingerprint density at radius 1 is 0.548 bits per heavy atom. The standard InChI is InChI=1S/C40H48O2/c1-26-14-12-16-32(36(26)30-20-18-28(41)24-34(30)38(3,4)5)40(22-10-9-11-23-40)33-17-13-15-27(2)37(33)31-21-19-29(42)25-35(31)39(6,7)8/h12-21,24-25,41-42H,9-11,22-23H2,1-8H3. The Bertz CT molecular complexity index is 1490.